The number of Topliss-reactive ketones (excluding diaryl/α,β-unsaturated/α-hetero) is 2. The van der Waals surface area contributed by atoms with E-state index in [-0.39, 0.29) is 44.5 Å². The van der Waals surface area contributed by atoms with E-state index in [0.29, 0.717) is 0 Å². The smallest absolute Gasteiger partial charge is 0.340 e. The standard InChI is InChI=1S/C27H18O12/c1-8-10(22(32)13-7-38-17-5-15(30)14(29)4-11(17)23(13)33)3-12-24(34)20-18(39-26(12)19(8)9(2)28)6-16(31)25(35)21(20)27(36)37/h3-6,29-32,35H,7H2,1-2H3,(H,36,37)/b22-13-. The molecular weight excluding hydrogens is 516 g/mol. The minimum Gasteiger partial charge on any atom is -0.507 e. The number of phenolic OH excluding ortho intramolecular Hbond substituents is 3. The molecule has 12 nitrogen and oxygen atoms in total. The molecule has 0 spiro atoms. The molecular formula is C27H18O12. The summed E-state index contributed by atoms with van der Waals surface area (Å²) in [5, 5.41) is 59.4. The highest BCUT2D eigenvalue weighted by Gasteiger charge is 2.31. The van der Waals surface area contributed by atoms with Gasteiger partial charge in [-0.1, -0.05) is 0 Å². The normalized spacial score (nSPS) is 14.3. The first-order valence-corrected chi connectivity index (χ1v) is 11.2. The maximum absolute atomic E-state index is 13.5. The van der Waals surface area contributed by atoms with Gasteiger partial charge in [0, 0.05) is 17.7 Å². The van der Waals surface area contributed by atoms with Gasteiger partial charge < -0.3 is 39.8 Å². The Hall–Kier alpha value is -5.52. The van der Waals surface area contributed by atoms with Crippen LogP contribution < -0.4 is 10.2 Å². The number of benzene rings is 3. The number of hydrogen-bond donors (Lipinski definition) is 6. The van der Waals surface area contributed by atoms with Crippen molar-refractivity contribution in [1.82, 2.24) is 0 Å². The van der Waals surface area contributed by atoms with Gasteiger partial charge in [0.1, 0.15) is 34.8 Å². The molecule has 0 unspecified atom stereocenters. The number of carboxylic acids is 1. The number of ketones is 2. The Labute approximate surface area is 216 Å². The SMILES string of the molecule is CC(=O)c1c(C)c(/C(O)=C2\COc3cc(O)c(O)cc3C2=O)cc2c(=O)c3c(C(=O)O)c(O)c(O)cc3oc12. The maximum atomic E-state index is 13.5. The lowest BCUT2D eigenvalue weighted by Crippen LogP contribution is -2.21. The molecule has 1 aliphatic heterocycles. The average Bonchev–Trinajstić information content (AvgIpc) is 2.85. The molecule has 0 amide bonds. The molecule has 0 saturated heterocycles. The van der Waals surface area contributed by atoms with Gasteiger partial charge in [0.25, 0.3) is 0 Å². The van der Waals surface area contributed by atoms with Gasteiger partial charge in [0.15, 0.2) is 34.6 Å². The van der Waals surface area contributed by atoms with Gasteiger partial charge >= 0.3 is 5.97 Å². The summed E-state index contributed by atoms with van der Waals surface area (Å²) in [4.78, 5) is 51.2. The number of carbonyl (C=O) groups is 3. The Kier molecular flexibility index (Phi) is 5.49. The van der Waals surface area contributed by atoms with Gasteiger partial charge in [0.05, 0.1) is 27.5 Å². The molecule has 198 valence electrons. The Balaban J connectivity index is 1.86. The molecule has 6 N–H and O–H groups in total. The minimum atomic E-state index is -1.73. The molecule has 12 heteroatoms. The van der Waals surface area contributed by atoms with Gasteiger partial charge in [-0.05, 0) is 31.5 Å². The van der Waals surface area contributed by atoms with Crippen LogP contribution in [0, 0.1) is 6.92 Å². The Morgan fingerprint density at radius 2 is 1.56 bits per heavy atom. The van der Waals surface area contributed by atoms with Crippen LogP contribution in [0.25, 0.3) is 27.7 Å². The van der Waals surface area contributed by atoms with Gasteiger partial charge in [-0.2, -0.15) is 0 Å². The second-order valence-electron chi connectivity index (χ2n) is 8.87. The molecule has 5 rings (SSSR count). The summed E-state index contributed by atoms with van der Waals surface area (Å²) in [5.74, 6) is -6.84. The van der Waals surface area contributed by atoms with E-state index in [9.17, 15) is 49.8 Å². The largest absolute Gasteiger partial charge is 0.507 e. The van der Waals surface area contributed by atoms with Crippen molar-refractivity contribution in [3.63, 3.8) is 0 Å². The number of hydrogen-bond acceptors (Lipinski definition) is 11. The maximum Gasteiger partial charge on any atom is 0.340 e. The van der Waals surface area contributed by atoms with Crippen LogP contribution >= 0.6 is 0 Å². The average molecular weight is 534 g/mol. The zero-order chi connectivity index (χ0) is 28.5. The quantitative estimate of drug-likeness (QED) is 0.0732. The van der Waals surface area contributed by atoms with Crippen molar-refractivity contribution in [2.24, 2.45) is 0 Å². The predicted octanol–water partition coefficient (Wildman–Crippen LogP) is 3.52. The molecule has 0 saturated carbocycles. The van der Waals surface area contributed by atoms with Crippen LogP contribution in [0.4, 0.5) is 0 Å². The molecule has 1 aromatic heterocycles. The van der Waals surface area contributed by atoms with Crippen LogP contribution in [0.5, 0.6) is 28.7 Å². The number of fused-ring (bicyclic) bond motifs is 3. The van der Waals surface area contributed by atoms with Crippen LogP contribution in [0.1, 0.15) is 49.1 Å². The molecule has 0 radical (unpaired) electrons. The summed E-state index contributed by atoms with van der Waals surface area (Å²) in [6, 6.07) is 3.95. The lowest BCUT2D eigenvalue weighted by molar-refractivity contribution is 0.0694. The lowest BCUT2D eigenvalue weighted by atomic mass is 9.90. The molecule has 0 bridgehead atoms. The molecule has 1 aliphatic rings. The van der Waals surface area contributed by atoms with E-state index in [1.54, 1.807) is 0 Å². The number of aliphatic hydroxyl groups excluding tert-OH is 1. The first-order valence-electron chi connectivity index (χ1n) is 11.2. The Morgan fingerprint density at radius 3 is 2.21 bits per heavy atom. The Morgan fingerprint density at radius 1 is 0.897 bits per heavy atom. The first kappa shape index (κ1) is 25.1. The topological polar surface area (TPSA) is 212 Å². The van der Waals surface area contributed by atoms with Gasteiger partial charge in [0.2, 0.25) is 5.43 Å². The number of aliphatic hydroxyl groups is 1. The fraction of sp³-hybridized carbons (Fsp3) is 0.111. The summed E-state index contributed by atoms with van der Waals surface area (Å²) in [6.45, 7) is 2.13. The number of carboxylic acid groups (broad SMARTS) is 1. The van der Waals surface area contributed by atoms with Crippen molar-refractivity contribution in [3.8, 4) is 28.7 Å². The fourth-order valence-corrected chi connectivity index (χ4v) is 4.67. The van der Waals surface area contributed by atoms with Crippen molar-refractivity contribution in [2.45, 2.75) is 13.8 Å². The highest BCUT2D eigenvalue weighted by atomic mass is 16.5. The zero-order valence-corrected chi connectivity index (χ0v) is 20.1. The van der Waals surface area contributed by atoms with Gasteiger partial charge in [-0.25, -0.2) is 4.79 Å². The van der Waals surface area contributed by atoms with E-state index < -0.39 is 74.9 Å². The summed E-state index contributed by atoms with van der Waals surface area (Å²) in [6.07, 6.45) is 0. The van der Waals surface area contributed by atoms with E-state index in [1.807, 2.05) is 0 Å². The molecule has 4 aromatic rings. The fourth-order valence-electron chi connectivity index (χ4n) is 4.67. The zero-order valence-electron chi connectivity index (χ0n) is 20.1. The molecule has 0 atom stereocenters. The third kappa shape index (κ3) is 3.61. The summed E-state index contributed by atoms with van der Waals surface area (Å²) < 4.78 is 11.2. The summed E-state index contributed by atoms with van der Waals surface area (Å²) in [7, 11) is 0. The highest BCUT2D eigenvalue weighted by molar-refractivity contribution is 6.17. The minimum absolute atomic E-state index is 0.0390. The third-order valence-electron chi connectivity index (χ3n) is 6.54. The molecule has 2 heterocycles. The number of phenols is 4. The van der Waals surface area contributed by atoms with E-state index in [0.717, 1.165) is 31.2 Å². The predicted molar refractivity (Wildman–Crippen MR) is 134 cm³/mol. The number of carbonyl (C=O) groups excluding carboxylic acids is 2. The van der Waals surface area contributed by atoms with Crippen LogP contribution in [0.2, 0.25) is 0 Å². The molecule has 0 fully saturated rings. The summed E-state index contributed by atoms with van der Waals surface area (Å²) in [5.41, 5.74) is -3.23. The van der Waals surface area contributed by atoms with E-state index in [2.05, 4.69) is 0 Å². The van der Waals surface area contributed by atoms with Crippen molar-refractivity contribution in [2.75, 3.05) is 6.61 Å². The second-order valence-corrected chi connectivity index (χ2v) is 8.87. The van der Waals surface area contributed by atoms with Crippen molar-refractivity contribution >= 4 is 45.2 Å². The van der Waals surface area contributed by atoms with Gasteiger partial charge in [-0.15, -0.1) is 0 Å². The number of ether oxygens (including phenoxy) is 1. The van der Waals surface area contributed by atoms with E-state index >= 15 is 0 Å². The van der Waals surface area contributed by atoms with Crippen LogP contribution in [-0.2, 0) is 0 Å². The number of rotatable bonds is 3. The number of aromatic hydroxyl groups is 4. The van der Waals surface area contributed by atoms with E-state index in [1.165, 1.54) is 6.92 Å². The molecule has 0 aliphatic carbocycles. The third-order valence-corrected chi connectivity index (χ3v) is 6.54. The van der Waals surface area contributed by atoms with Crippen LogP contribution in [0.15, 0.2) is 39.1 Å². The monoisotopic (exact) mass is 534 g/mol. The van der Waals surface area contributed by atoms with E-state index in [4.69, 9.17) is 9.15 Å². The molecule has 39 heavy (non-hydrogen) atoms. The van der Waals surface area contributed by atoms with Crippen molar-refractivity contribution in [3.05, 3.63) is 67.9 Å². The highest BCUT2D eigenvalue weighted by Crippen LogP contribution is 2.40. The van der Waals surface area contributed by atoms with Crippen molar-refractivity contribution < 1.29 is 54.2 Å². The van der Waals surface area contributed by atoms with Crippen molar-refractivity contribution in [1.29, 1.82) is 0 Å². The molecule has 3 aromatic carbocycles. The summed E-state index contributed by atoms with van der Waals surface area (Å²) >= 11 is 0. The van der Waals surface area contributed by atoms with Crippen LogP contribution in [0.3, 0.4) is 0 Å². The van der Waals surface area contributed by atoms with Gasteiger partial charge in [-0.3, -0.25) is 14.4 Å². The Bertz CT molecular complexity index is 1910. The van der Waals surface area contributed by atoms with Crippen LogP contribution in [-0.4, -0.2) is 54.8 Å². The lowest BCUT2D eigenvalue weighted by Gasteiger charge is -2.21. The number of aromatic carboxylic acids is 1. The first-order chi connectivity index (χ1) is 18.3. The second kappa shape index (κ2) is 8.52.